The molecule has 25 heavy (non-hydrogen) atoms. The number of carbonyl (C=O) groups is 3. The first-order chi connectivity index (χ1) is 11.9. The molecule has 3 rings (SSSR count). The molecule has 2 aliphatic heterocycles. The van der Waals surface area contributed by atoms with Crippen LogP contribution >= 0.6 is 0 Å². The van der Waals surface area contributed by atoms with Gasteiger partial charge < -0.3 is 15.1 Å². The normalized spacial score (nSPS) is 20.6. The van der Waals surface area contributed by atoms with Crippen molar-refractivity contribution in [1.82, 2.24) is 15.1 Å². The van der Waals surface area contributed by atoms with E-state index in [4.69, 9.17) is 0 Å². The molecule has 1 aromatic carbocycles. The summed E-state index contributed by atoms with van der Waals surface area (Å²) >= 11 is 0. The van der Waals surface area contributed by atoms with Gasteiger partial charge in [-0.3, -0.25) is 14.4 Å². The molecule has 1 N–H and O–H groups in total. The van der Waals surface area contributed by atoms with Gasteiger partial charge in [0.15, 0.2) is 11.6 Å². The fourth-order valence-corrected chi connectivity index (χ4v) is 3.26. The number of hydrogen-bond acceptors (Lipinski definition) is 3. The minimum absolute atomic E-state index is 0.0151. The molecule has 8 heteroatoms. The lowest BCUT2D eigenvalue weighted by atomic mass is 10.0. The molecule has 2 fully saturated rings. The van der Waals surface area contributed by atoms with E-state index in [9.17, 15) is 23.2 Å². The third-order valence-corrected chi connectivity index (χ3v) is 4.77. The number of carbonyl (C=O) groups excluding carboxylic acids is 3. The fourth-order valence-electron chi connectivity index (χ4n) is 3.26. The maximum absolute atomic E-state index is 13.2. The van der Waals surface area contributed by atoms with E-state index >= 15 is 0 Å². The molecule has 3 amide bonds. The van der Waals surface area contributed by atoms with Crippen LogP contribution in [0.3, 0.4) is 0 Å². The largest absolute Gasteiger partial charge is 0.359 e. The quantitative estimate of drug-likeness (QED) is 0.849. The number of amides is 3. The molecule has 0 radical (unpaired) electrons. The first-order valence-corrected chi connectivity index (χ1v) is 8.11. The van der Waals surface area contributed by atoms with Gasteiger partial charge in [-0.1, -0.05) is 6.07 Å². The van der Waals surface area contributed by atoms with Crippen LogP contribution in [0.4, 0.5) is 8.78 Å². The van der Waals surface area contributed by atoms with Crippen LogP contribution in [-0.2, 0) is 20.8 Å². The number of hydrogen-bond donors (Lipinski definition) is 1. The third kappa shape index (κ3) is 3.47. The predicted molar refractivity (Wildman–Crippen MR) is 84.3 cm³/mol. The number of benzene rings is 1. The molecule has 0 bridgehead atoms. The smallest absolute Gasteiger partial charge is 0.227 e. The second-order valence-corrected chi connectivity index (χ2v) is 6.44. The Labute approximate surface area is 143 Å². The molecule has 1 atom stereocenters. The lowest BCUT2D eigenvalue weighted by Gasteiger charge is -2.44. The zero-order chi connectivity index (χ0) is 18.1. The van der Waals surface area contributed by atoms with Crippen molar-refractivity contribution >= 4 is 17.7 Å². The SMILES string of the molecule is CNC(=O)C1CC(=O)N(C2CN(C(=O)Cc3ccc(F)c(F)c3)C2)C1. The van der Waals surface area contributed by atoms with Crippen molar-refractivity contribution in [1.29, 1.82) is 0 Å². The molecule has 0 saturated carbocycles. The molecule has 6 nitrogen and oxygen atoms in total. The predicted octanol–water partition coefficient (Wildman–Crippen LogP) is 0.313. The van der Waals surface area contributed by atoms with Crippen molar-refractivity contribution < 1.29 is 23.2 Å². The molecule has 2 aliphatic rings. The van der Waals surface area contributed by atoms with Gasteiger partial charge in [-0.25, -0.2) is 8.78 Å². The van der Waals surface area contributed by atoms with E-state index < -0.39 is 11.6 Å². The summed E-state index contributed by atoms with van der Waals surface area (Å²) in [5.41, 5.74) is 0.407. The van der Waals surface area contributed by atoms with E-state index in [-0.39, 0.29) is 42.5 Å². The number of nitrogens with zero attached hydrogens (tertiary/aromatic N) is 2. The lowest BCUT2D eigenvalue weighted by molar-refractivity contribution is -0.143. The van der Waals surface area contributed by atoms with E-state index in [0.29, 0.717) is 25.2 Å². The molecule has 134 valence electrons. The van der Waals surface area contributed by atoms with Gasteiger partial charge in [-0.05, 0) is 17.7 Å². The second-order valence-electron chi connectivity index (χ2n) is 6.44. The molecule has 1 unspecified atom stereocenters. The summed E-state index contributed by atoms with van der Waals surface area (Å²) in [5.74, 6) is -2.69. The van der Waals surface area contributed by atoms with E-state index in [2.05, 4.69) is 5.32 Å². The summed E-state index contributed by atoms with van der Waals surface area (Å²) in [6.45, 7) is 1.16. The molecule has 0 spiro atoms. The van der Waals surface area contributed by atoms with Crippen LogP contribution in [0.2, 0.25) is 0 Å². The van der Waals surface area contributed by atoms with Crippen molar-refractivity contribution in [2.45, 2.75) is 18.9 Å². The first kappa shape index (κ1) is 17.3. The Hall–Kier alpha value is -2.51. The van der Waals surface area contributed by atoms with Gasteiger partial charge >= 0.3 is 0 Å². The van der Waals surface area contributed by atoms with Crippen LogP contribution in [0.15, 0.2) is 18.2 Å². The van der Waals surface area contributed by atoms with Crippen molar-refractivity contribution in [2.75, 3.05) is 26.7 Å². The highest BCUT2D eigenvalue weighted by Gasteiger charge is 2.43. The van der Waals surface area contributed by atoms with Crippen molar-refractivity contribution in [3.05, 3.63) is 35.4 Å². The maximum atomic E-state index is 13.2. The van der Waals surface area contributed by atoms with Gasteiger partial charge in [0.2, 0.25) is 17.7 Å². The van der Waals surface area contributed by atoms with Crippen molar-refractivity contribution in [2.24, 2.45) is 5.92 Å². The van der Waals surface area contributed by atoms with Crippen molar-refractivity contribution in [3.63, 3.8) is 0 Å². The van der Waals surface area contributed by atoms with E-state index in [0.717, 1.165) is 12.1 Å². The van der Waals surface area contributed by atoms with Gasteiger partial charge in [-0.2, -0.15) is 0 Å². The average molecular weight is 351 g/mol. The lowest BCUT2D eigenvalue weighted by Crippen LogP contribution is -2.61. The van der Waals surface area contributed by atoms with Crippen LogP contribution in [0.25, 0.3) is 0 Å². The van der Waals surface area contributed by atoms with Gasteiger partial charge in [0.05, 0.1) is 18.4 Å². The standard InChI is InChI=1S/C17H19F2N3O3/c1-20-17(25)11-6-16(24)22(7-11)12-8-21(9-12)15(23)5-10-2-3-13(18)14(19)4-10/h2-4,11-12H,5-9H2,1H3,(H,20,25). The Morgan fingerprint density at radius 3 is 2.56 bits per heavy atom. The highest BCUT2D eigenvalue weighted by molar-refractivity contribution is 5.89. The number of nitrogens with one attached hydrogen (secondary N) is 1. The summed E-state index contributed by atoms with van der Waals surface area (Å²) in [6, 6.07) is 3.31. The minimum Gasteiger partial charge on any atom is -0.359 e. The van der Waals surface area contributed by atoms with Crippen LogP contribution in [-0.4, -0.2) is 60.2 Å². The number of halogens is 2. The van der Waals surface area contributed by atoms with E-state index in [1.807, 2.05) is 0 Å². The molecule has 0 aliphatic carbocycles. The van der Waals surface area contributed by atoms with E-state index in [1.165, 1.54) is 13.1 Å². The Morgan fingerprint density at radius 2 is 1.92 bits per heavy atom. The highest BCUT2D eigenvalue weighted by atomic mass is 19.2. The van der Waals surface area contributed by atoms with Gasteiger partial charge in [0.25, 0.3) is 0 Å². The molecular formula is C17H19F2N3O3. The van der Waals surface area contributed by atoms with Gasteiger partial charge in [0.1, 0.15) is 0 Å². The van der Waals surface area contributed by atoms with Crippen molar-refractivity contribution in [3.8, 4) is 0 Å². The zero-order valence-corrected chi connectivity index (χ0v) is 13.8. The third-order valence-electron chi connectivity index (χ3n) is 4.77. The Morgan fingerprint density at radius 1 is 1.20 bits per heavy atom. The summed E-state index contributed by atoms with van der Waals surface area (Å²) < 4.78 is 26.1. The molecule has 2 saturated heterocycles. The maximum Gasteiger partial charge on any atom is 0.227 e. The summed E-state index contributed by atoms with van der Waals surface area (Å²) in [4.78, 5) is 39.1. The first-order valence-electron chi connectivity index (χ1n) is 8.11. The monoisotopic (exact) mass is 351 g/mol. The molecule has 2 heterocycles. The fraction of sp³-hybridized carbons (Fsp3) is 0.471. The zero-order valence-electron chi connectivity index (χ0n) is 13.8. The molecule has 0 aromatic heterocycles. The van der Waals surface area contributed by atoms with Gasteiger partial charge in [-0.15, -0.1) is 0 Å². The molecule has 1 aromatic rings. The number of rotatable bonds is 4. The van der Waals surface area contributed by atoms with Gasteiger partial charge in [0, 0.05) is 33.1 Å². The van der Waals surface area contributed by atoms with Crippen LogP contribution in [0.5, 0.6) is 0 Å². The second kappa shape index (κ2) is 6.78. The average Bonchev–Trinajstić information content (AvgIpc) is 2.90. The van der Waals surface area contributed by atoms with Crippen LogP contribution in [0.1, 0.15) is 12.0 Å². The topological polar surface area (TPSA) is 69.7 Å². The van der Waals surface area contributed by atoms with Crippen LogP contribution in [0, 0.1) is 17.6 Å². The Balaban J connectivity index is 1.52. The number of likely N-dealkylation sites (tertiary alicyclic amines) is 2. The highest BCUT2D eigenvalue weighted by Crippen LogP contribution is 2.25. The van der Waals surface area contributed by atoms with Crippen LogP contribution < -0.4 is 5.32 Å². The summed E-state index contributed by atoms with van der Waals surface area (Å²) in [6.07, 6.45) is 0.178. The summed E-state index contributed by atoms with van der Waals surface area (Å²) in [5, 5.41) is 2.55. The Bertz CT molecular complexity index is 719. The molecular weight excluding hydrogens is 332 g/mol. The summed E-state index contributed by atoms with van der Waals surface area (Å²) in [7, 11) is 1.54. The minimum atomic E-state index is -0.977. The van der Waals surface area contributed by atoms with E-state index in [1.54, 1.807) is 9.80 Å². The Kier molecular flexibility index (Phi) is 4.69.